The highest BCUT2D eigenvalue weighted by molar-refractivity contribution is 6.03. The molecule has 12 nitrogen and oxygen atoms in total. The molecule has 6 unspecified atom stereocenters. The fourth-order valence-electron chi connectivity index (χ4n) is 11.1. The van der Waals surface area contributed by atoms with Crippen LogP contribution in [-0.2, 0) is 27.5 Å². The predicted molar refractivity (Wildman–Crippen MR) is 265 cm³/mol. The summed E-state index contributed by atoms with van der Waals surface area (Å²) >= 11 is 0. The van der Waals surface area contributed by atoms with Gasteiger partial charge in [0.15, 0.2) is 11.5 Å². The first-order valence-corrected chi connectivity index (χ1v) is 25.8. The number of unbranched alkanes of at least 4 members (excludes halogenated alkanes) is 10. The molecule has 370 valence electrons. The molecule has 0 saturated heterocycles. The Morgan fingerprint density at radius 2 is 1.65 bits per heavy atom. The Morgan fingerprint density at radius 3 is 2.40 bits per heavy atom. The minimum absolute atomic E-state index is 0.0250. The van der Waals surface area contributed by atoms with E-state index in [1.54, 1.807) is 6.08 Å². The first-order valence-electron chi connectivity index (χ1n) is 25.8. The van der Waals surface area contributed by atoms with Gasteiger partial charge in [0.05, 0.1) is 23.9 Å². The minimum atomic E-state index is -1.37. The molecular formula is C56H77N3O9. The maximum absolute atomic E-state index is 15.3. The Morgan fingerprint density at radius 1 is 0.897 bits per heavy atom. The number of aliphatic hydroxyl groups excluding tert-OH is 2. The number of amides is 1. The number of aliphatic hydroxyl groups is 2. The minimum Gasteiger partial charge on any atom is -0.487 e. The quantitative estimate of drug-likeness (QED) is 0.0392. The number of fused-ring (bicyclic) bond motifs is 3. The first-order chi connectivity index (χ1) is 33.3. The van der Waals surface area contributed by atoms with Crippen molar-refractivity contribution in [2.45, 2.75) is 161 Å². The molecule has 3 heterocycles. The van der Waals surface area contributed by atoms with Crippen molar-refractivity contribution in [2.75, 3.05) is 33.2 Å². The van der Waals surface area contributed by atoms with Crippen LogP contribution in [0.15, 0.2) is 84.1 Å². The number of rotatable bonds is 29. The molecule has 1 fully saturated rings. The zero-order valence-corrected chi connectivity index (χ0v) is 41.0. The van der Waals surface area contributed by atoms with Crippen molar-refractivity contribution in [3.8, 4) is 23.0 Å². The number of aryl methyl sites for hydroxylation is 1. The molecule has 3 aromatic rings. The monoisotopic (exact) mass is 936 g/mol. The van der Waals surface area contributed by atoms with E-state index in [-0.39, 0.29) is 56.8 Å². The zero-order valence-electron chi connectivity index (χ0n) is 41.0. The summed E-state index contributed by atoms with van der Waals surface area (Å²) in [6, 6.07) is 17.3. The highest BCUT2D eigenvalue weighted by Crippen LogP contribution is 2.62. The van der Waals surface area contributed by atoms with Crippen molar-refractivity contribution in [3.63, 3.8) is 0 Å². The predicted octanol–water partition coefficient (Wildman–Crippen LogP) is 11.3. The standard InChI is InChI=1S/C56H77N3O9/c1-5-8-9-10-11-12-13-14-15-25-53(62)59(37-41-26-28-50-51(33-41)65-39-64-50)52-36-48(58-67-7-3)46-34-42(22-16-18-30-60)45(24-17-19-31-61)54-47-35-44(63-38-43-23-20-21-40(4)57-43)27-29-49(47)68-56(52,55(46)54)66-32-6-2/h6,20-21,23,26-29,33-35,42,45,52,54-55,60-61H,2,5,7-19,22,24-25,30-32,36-39H2,1,3-4H3. The SMILES string of the molecule is C=CCOC12Oc3ccc(OCc4cccc(C)n4)cc3C3C(CCCCO)C(CCCCO)C=C(C(=NOCC)CC1N(Cc1ccc4c(c1)OCO4)C(=O)CCCCCCCCCCC)C32. The molecule has 6 atom stereocenters. The van der Waals surface area contributed by atoms with E-state index in [0.29, 0.717) is 61.9 Å². The molecule has 1 aromatic heterocycles. The molecular weight excluding hydrogens is 859 g/mol. The van der Waals surface area contributed by atoms with Crippen molar-refractivity contribution >= 4 is 11.6 Å². The summed E-state index contributed by atoms with van der Waals surface area (Å²) in [6.07, 6.45) is 20.0. The normalized spacial score (nSPS) is 22.8. The highest BCUT2D eigenvalue weighted by Gasteiger charge is 2.65. The summed E-state index contributed by atoms with van der Waals surface area (Å²) in [7, 11) is 0. The summed E-state index contributed by atoms with van der Waals surface area (Å²) in [4.78, 5) is 27.9. The molecule has 2 aliphatic heterocycles. The number of ether oxygens (including phenoxy) is 5. The lowest BCUT2D eigenvalue weighted by atomic mass is 9.55. The van der Waals surface area contributed by atoms with Crippen LogP contribution in [0, 0.1) is 24.7 Å². The fourth-order valence-corrected chi connectivity index (χ4v) is 11.1. The molecule has 0 spiro atoms. The van der Waals surface area contributed by atoms with E-state index in [0.717, 1.165) is 78.7 Å². The molecule has 12 heteroatoms. The third-order valence-corrected chi connectivity index (χ3v) is 14.3. The first kappa shape index (κ1) is 51.0. The molecule has 2 N–H and O–H groups in total. The van der Waals surface area contributed by atoms with Gasteiger partial charge in [-0.2, -0.15) is 0 Å². The molecule has 4 aliphatic rings. The van der Waals surface area contributed by atoms with Crippen molar-refractivity contribution < 1.29 is 43.5 Å². The molecule has 0 bridgehead atoms. The Kier molecular flexibility index (Phi) is 19.2. The van der Waals surface area contributed by atoms with Crippen LogP contribution in [-0.4, -0.2) is 76.8 Å². The number of carbonyl (C=O) groups excluding carboxylic acids is 1. The number of pyridine rings is 1. The molecule has 1 saturated carbocycles. The van der Waals surface area contributed by atoms with Gasteiger partial charge in [-0.15, -0.1) is 6.58 Å². The van der Waals surface area contributed by atoms with Gasteiger partial charge in [-0.3, -0.25) is 9.78 Å². The third kappa shape index (κ3) is 12.5. The van der Waals surface area contributed by atoms with Gasteiger partial charge in [0.25, 0.3) is 0 Å². The molecule has 2 aliphatic carbocycles. The second kappa shape index (κ2) is 25.6. The van der Waals surface area contributed by atoms with Crippen molar-refractivity contribution in [1.29, 1.82) is 0 Å². The van der Waals surface area contributed by atoms with E-state index in [2.05, 4.69) is 30.6 Å². The number of hydrogen-bond acceptors (Lipinski definition) is 11. The summed E-state index contributed by atoms with van der Waals surface area (Å²) < 4.78 is 32.8. The van der Waals surface area contributed by atoms with Gasteiger partial charge in [-0.1, -0.05) is 101 Å². The van der Waals surface area contributed by atoms with Crippen LogP contribution in [0.3, 0.4) is 0 Å². The third-order valence-electron chi connectivity index (χ3n) is 14.3. The number of aromatic nitrogens is 1. The van der Waals surface area contributed by atoms with Crippen molar-refractivity contribution in [2.24, 2.45) is 22.9 Å². The smallest absolute Gasteiger partial charge is 0.239 e. The average Bonchev–Trinajstić information content (AvgIpc) is 3.82. The Hall–Kier alpha value is -4.91. The molecule has 1 amide bonds. The maximum Gasteiger partial charge on any atom is 0.239 e. The van der Waals surface area contributed by atoms with Crippen LogP contribution in [0.2, 0.25) is 0 Å². The van der Waals surface area contributed by atoms with E-state index >= 15 is 4.79 Å². The number of allylic oxidation sites excluding steroid dienone is 1. The number of oxime groups is 1. The van der Waals surface area contributed by atoms with Gasteiger partial charge in [0, 0.05) is 49.8 Å². The Balaban J connectivity index is 1.34. The largest absolute Gasteiger partial charge is 0.487 e. The van der Waals surface area contributed by atoms with Crippen LogP contribution >= 0.6 is 0 Å². The van der Waals surface area contributed by atoms with Crippen LogP contribution in [0.1, 0.15) is 151 Å². The van der Waals surface area contributed by atoms with Crippen LogP contribution in [0.4, 0.5) is 0 Å². The molecule has 2 aromatic carbocycles. The summed E-state index contributed by atoms with van der Waals surface area (Å²) in [5, 5.41) is 24.9. The van der Waals surface area contributed by atoms with E-state index in [1.165, 1.54) is 38.5 Å². The second-order valence-corrected chi connectivity index (χ2v) is 19.0. The lowest BCUT2D eigenvalue weighted by Crippen LogP contribution is -2.70. The van der Waals surface area contributed by atoms with Gasteiger partial charge in [0.2, 0.25) is 18.5 Å². The average molecular weight is 936 g/mol. The lowest BCUT2D eigenvalue weighted by molar-refractivity contribution is -0.258. The van der Waals surface area contributed by atoms with E-state index in [1.807, 2.05) is 67.3 Å². The van der Waals surface area contributed by atoms with Gasteiger partial charge < -0.3 is 43.6 Å². The topological polar surface area (TPSA) is 141 Å². The van der Waals surface area contributed by atoms with Gasteiger partial charge in [-0.05, 0) is 111 Å². The zero-order chi connectivity index (χ0) is 47.7. The van der Waals surface area contributed by atoms with Gasteiger partial charge >= 0.3 is 0 Å². The van der Waals surface area contributed by atoms with Crippen LogP contribution in [0.25, 0.3) is 0 Å². The van der Waals surface area contributed by atoms with Gasteiger partial charge in [-0.25, -0.2) is 0 Å². The van der Waals surface area contributed by atoms with E-state index < -0.39 is 17.7 Å². The fraction of sp³-hybridized carbons (Fsp3) is 0.589. The maximum atomic E-state index is 15.3. The van der Waals surface area contributed by atoms with Gasteiger partial charge in [0.1, 0.15) is 30.8 Å². The highest BCUT2D eigenvalue weighted by atomic mass is 16.7. The van der Waals surface area contributed by atoms with Crippen LogP contribution in [0.5, 0.6) is 23.0 Å². The van der Waals surface area contributed by atoms with Crippen LogP contribution < -0.4 is 18.9 Å². The molecule has 7 rings (SSSR count). The Labute approximate surface area is 405 Å². The molecule has 0 radical (unpaired) electrons. The van der Waals surface area contributed by atoms with E-state index in [4.69, 9.17) is 33.7 Å². The van der Waals surface area contributed by atoms with E-state index in [9.17, 15) is 10.2 Å². The summed E-state index contributed by atoms with van der Waals surface area (Å²) in [5.41, 5.74) is 5.47. The molecule has 68 heavy (non-hydrogen) atoms. The Bertz CT molecular complexity index is 2160. The number of carbonyl (C=O) groups is 1. The summed E-state index contributed by atoms with van der Waals surface area (Å²) in [5.74, 6) is 0.989. The van der Waals surface area contributed by atoms with Crippen molar-refractivity contribution in [3.05, 3.63) is 101 Å². The lowest BCUT2D eigenvalue weighted by Gasteiger charge is -2.60. The second-order valence-electron chi connectivity index (χ2n) is 19.0. The number of hydrogen-bond donors (Lipinski definition) is 2. The number of benzene rings is 2. The summed E-state index contributed by atoms with van der Waals surface area (Å²) in [6.45, 7) is 11.8. The van der Waals surface area contributed by atoms with Crippen molar-refractivity contribution in [1.82, 2.24) is 9.88 Å². The number of nitrogens with zero attached hydrogens (tertiary/aromatic N) is 3.